The lowest BCUT2D eigenvalue weighted by molar-refractivity contribution is -0.123. The number of nitrogens with one attached hydrogen (secondary N) is 1. The fraction of sp³-hybridized carbons (Fsp3) is 0.125. The van der Waals surface area contributed by atoms with Gasteiger partial charge in [-0.25, -0.2) is 10.2 Å². The van der Waals surface area contributed by atoms with Crippen LogP contribution in [-0.2, 0) is 4.79 Å². The largest absolute Gasteiger partial charge is 0.493 e. The van der Waals surface area contributed by atoms with E-state index < -0.39 is 11.9 Å². The first kappa shape index (κ1) is 22.8. The molecule has 3 aromatic rings. The van der Waals surface area contributed by atoms with Crippen LogP contribution in [0.3, 0.4) is 0 Å². The number of carbonyl (C=O) groups excluding carboxylic acids is 2. The van der Waals surface area contributed by atoms with Crippen molar-refractivity contribution in [3.8, 4) is 17.2 Å². The third-order valence-electron chi connectivity index (χ3n) is 4.26. The van der Waals surface area contributed by atoms with Crippen molar-refractivity contribution in [1.29, 1.82) is 0 Å². The lowest BCUT2D eigenvalue weighted by atomic mass is 10.1. The van der Waals surface area contributed by atoms with Gasteiger partial charge in [0.15, 0.2) is 18.1 Å². The number of aryl methyl sites for hydroxylation is 1. The summed E-state index contributed by atoms with van der Waals surface area (Å²) in [4.78, 5) is 24.3. The van der Waals surface area contributed by atoms with E-state index in [1.54, 1.807) is 54.6 Å². The topological polar surface area (TPSA) is 86.2 Å². The number of methoxy groups -OCH3 is 1. The maximum absolute atomic E-state index is 12.4. The van der Waals surface area contributed by atoms with E-state index in [1.165, 1.54) is 13.3 Å². The Balaban J connectivity index is 1.59. The van der Waals surface area contributed by atoms with Crippen molar-refractivity contribution in [3.63, 3.8) is 0 Å². The second kappa shape index (κ2) is 11.0. The van der Waals surface area contributed by atoms with Gasteiger partial charge in [0.05, 0.1) is 18.9 Å². The van der Waals surface area contributed by atoms with Crippen LogP contribution in [0.5, 0.6) is 17.2 Å². The molecule has 0 fully saturated rings. The first-order valence-electron chi connectivity index (χ1n) is 9.62. The fourth-order valence-corrected chi connectivity index (χ4v) is 2.72. The molecule has 0 aliphatic rings. The molecule has 0 aliphatic carbocycles. The van der Waals surface area contributed by atoms with Gasteiger partial charge in [0.1, 0.15) is 5.75 Å². The molecule has 7 nitrogen and oxygen atoms in total. The highest BCUT2D eigenvalue weighted by molar-refractivity contribution is 6.30. The number of halogens is 1. The molecule has 1 N–H and O–H groups in total. The van der Waals surface area contributed by atoms with E-state index in [9.17, 15) is 9.59 Å². The standard InChI is InChI=1S/C24H21ClN2O5/c1-16-3-6-18(7-4-16)24(29)32-22-13-17(5-12-21(22)30-2)14-26-27-23(28)15-31-20-10-8-19(25)9-11-20/h3-14H,15H2,1-2H3,(H,27,28)/b26-14+. The molecule has 8 heteroatoms. The molecule has 0 spiro atoms. The SMILES string of the molecule is COc1ccc(/C=N/NC(=O)COc2ccc(Cl)cc2)cc1OC(=O)c1ccc(C)cc1. The number of amides is 1. The van der Waals surface area contributed by atoms with Crippen molar-refractivity contribution < 1.29 is 23.8 Å². The van der Waals surface area contributed by atoms with E-state index in [1.807, 2.05) is 19.1 Å². The van der Waals surface area contributed by atoms with Crippen LogP contribution < -0.4 is 19.6 Å². The van der Waals surface area contributed by atoms with Crippen LogP contribution in [0.4, 0.5) is 0 Å². The average Bonchev–Trinajstić information content (AvgIpc) is 2.79. The zero-order chi connectivity index (χ0) is 22.9. The van der Waals surface area contributed by atoms with Gasteiger partial charge in [-0.15, -0.1) is 0 Å². The number of esters is 1. The number of hydrogen-bond donors (Lipinski definition) is 1. The molecule has 0 heterocycles. The quantitative estimate of drug-likeness (QED) is 0.237. The molecule has 0 aromatic heterocycles. The molecule has 0 radical (unpaired) electrons. The number of carbonyl (C=O) groups is 2. The summed E-state index contributed by atoms with van der Waals surface area (Å²) in [6.45, 7) is 1.73. The van der Waals surface area contributed by atoms with Crippen molar-refractivity contribution in [2.24, 2.45) is 5.10 Å². The molecule has 164 valence electrons. The minimum Gasteiger partial charge on any atom is -0.493 e. The normalized spacial score (nSPS) is 10.6. The van der Waals surface area contributed by atoms with E-state index in [2.05, 4.69) is 10.5 Å². The van der Waals surface area contributed by atoms with Crippen LogP contribution in [-0.4, -0.2) is 31.8 Å². The van der Waals surface area contributed by atoms with Crippen molar-refractivity contribution in [2.45, 2.75) is 6.92 Å². The maximum atomic E-state index is 12.4. The van der Waals surface area contributed by atoms with E-state index in [-0.39, 0.29) is 12.4 Å². The number of hydrogen-bond acceptors (Lipinski definition) is 6. The first-order valence-corrected chi connectivity index (χ1v) is 9.99. The summed E-state index contributed by atoms with van der Waals surface area (Å²) in [6, 6.07) is 18.6. The van der Waals surface area contributed by atoms with Crippen molar-refractivity contribution >= 4 is 29.7 Å². The molecule has 0 saturated carbocycles. The monoisotopic (exact) mass is 452 g/mol. The van der Waals surface area contributed by atoms with E-state index in [0.29, 0.717) is 27.6 Å². The Labute approximate surface area is 190 Å². The van der Waals surface area contributed by atoms with Crippen LogP contribution in [0.25, 0.3) is 0 Å². The Morgan fingerprint density at radius 2 is 1.72 bits per heavy atom. The van der Waals surface area contributed by atoms with Crippen LogP contribution in [0.2, 0.25) is 5.02 Å². The molecule has 3 aromatic carbocycles. The van der Waals surface area contributed by atoms with Gasteiger partial charge in [0, 0.05) is 5.02 Å². The summed E-state index contributed by atoms with van der Waals surface area (Å²) < 4.78 is 16.1. The number of benzene rings is 3. The molecule has 0 bridgehead atoms. The van der Waals surface area contributed by atoms with E-state index in [0.717, 1.165) is 5.56 Å². The molecular formula is C24H21ClN2O5. The van der Waals surface area contributed by atoms with Crippen molar-refractivity contribution in [3.05, 3.63) is 88.4 Å². The van der Waals surface area contributed by atoms with Gasteiger partial charge >= 0.3 is 5.97 Å². The van der Waals surface area contributed by atoms with Gasteiger partial charge < -0.3 is 14.2 Å². The fourth-order valence-electron chi connectivity index (χ4n) is 2.59. The summed E-state index contributed by atoms with van der Waals surface area (Å²) in [5, 5.41) is 4.48. The lowest BCUT2D eigenvalue weighted by Gasteiger charge is -2.10. The highest BCUT2D eigenvalue weighted by Gasteiger charge is 2.13. The smallest absolute Gasteiger partial charge is 0.343 e. The zero-order valence-electron chi connectivity index (χ0n) is 17.5. The van der Waals surface area contributed by atoms with Gasteiger partial charge in [0.25, 0.3) is 5.91 Å². The Bertz CT molecular complexity index is 1110. The third kappa shape index (κ3) is 6.58. The maximum Gasteiger partial charge on any atom is 0.343 e. The highest BCUT2D eigenvalue weighted by atomic mass is 35.5. The van der Waals surface area contributed by atoms with Gasteiger partial charge in [-0.2, -0.15) is 5.10 Å². The summed E-state index contributed by atoms with van der Waals surface area (Å²) >= 11 is 5.81. The summed E-state index contributed by atoms with van der Waals surface area (Å²) in [5.74, 6) is 0.201. The Kier molecular flexibility index (Phi) is 7.83. The van der Waals surface area contributed by atoms with Crippen molar-refractivity contribution in [2.75, 3.05) is 13.7 Å². The molecular weight excluding hydrogens is 432 g/mol. The zero-order valence-corrected chi connectivity index (χ0v) is 18.3. The second-order valence-electron chi connectivity index (χ2n) is 6.70. The molecule has 0 unspecified atom stereocenters. The molecule has 0 atom stereocenters. The van der Waals surface area contributed by atoms with Crippen LogP contribution in [0.1, 0.15) is 21.5 Å². The van der Waals surface area contributed by atoms with Gasteiger partial charge in [0.2, 0.25) is 0 Å². The minimum atomic E-state index is -0.509. The molecule has 0 aliphatic heterocycles. The average molecular weight is 453 g/mol. The van der Waals surface area contributed by atoms with Crippen molar-refractivity contribution in [1.82, 2.24) is 5.43 Å². The number of ether oxygens (including phenoxy) is 3. The van der Waals surface area contributed by atoms with Crippen LogP contribution >= 0.6 is 11.6 Å². The minimum absolute atomic E-state index is 0.207. The Hall–Kier alpha value is -3.84. The summed E-state index contributed by atoms with van der Waals surface area (Å²) in [5.41, 5.74) is 4.43. The summed E-state index contributed by atoms with van der Waals surface area (Å²) in [7, 11) is 1.48. The van der Waals surface area contributed by atoms with Gasteiger partial charge in [-0.1, -0.05) is 29.3 Å². The highest BCUT2D eigenvalue weighted by Crippen LogP contribution is 2.28. The summed E-state index contributed by atoms with van der Waals surface area (Å²) in [6.07, 6.45) is 1.42. The molecule has 3 rings (SSSR count). The second-order valence-corrected chi connectivity index (χ2v) is 7.14. The number of nitrogens with zero attached hydrogens (tertiary/aromatic N) is 1. The lowest BCUT2D eigenvalue weighted by Crippen LogP contribution is -2.24. The van der Waals surface area contributed by atoms with Gasteiger partial charge in [-0.3, -0.25) is 4.79 Å². The Morgan fingerprint density at radius 1 is 1.00 bits per heavy atom. The van der Waals surface area contributed by atoms with Gasteiger partial charge in [-0.05, 0) is 67.1 Å². The van der Waals surface area contributed by atoms with Crippen LogP contribution in [0, 0.1) is 6.92 Å². The van der Waals surface area contributed by atoms with E-state index in [4.69, 9.17) is 25.8 Å². The predicted octanol–water partition coefficient (Wildman–Crippen LogP) is 4.41. The number of rotatable bonds is 8. The predicted molar refractivity (Wildman–Crippen MR) is 122 cm³/mol. The molecule has 1 amide bonds. The molecule has 0 saturated heterocycles. The third-order valence-corrected chi connectivity index (χ3v) is 4.52. The first-order chi connectivity index (χ1) is 15.4. The Morgan fingerprint density at radius 3 is 2.41 bits per heavy atom. The van der Waals surface area contributed by atoms with E-state index >= 15 is 0 Å². The molecule has 32 heavy (non-hydrogen) atoms. The number of hydrazone groups is 1. The van der Waals surface area contributed by atoms with Crippen LogP contribution in [0.15, 0.2) is 71.8 Å².